The number of ketones is 1. The number of aliphatic hydroxyl groups is 1. The minimum atomic E-state index is -1.01. The molecule has 4 rings (SSSR count). The summed E-state index contributed by atoms with van der Waals surface area (Å²) in [5, 5.41) is 22.1. The van der Waals surface area contributed by atoms with Crippen LogP contribution < -0.4 is 19.1 Å². The van der Waals surface area contributed by atoms with Gasteiger partial charge in [-0.05, 0) is 78.9 Å². The average Bonchev–Trinajstić information content (AvgIpc) is 3.19. The third kappa shape index (κ3) is 5.34. The monoisotopic (exact) mass is 545 g/mol. The normalized spacial score (nSPS) is 16.8. The van der Waals surface area contributed by atoms with E-state index in [2.05, 4.69) is 0 Å². The molecule has 8 nitrogen and oxygen atoms in total. The van der Waals surface area contributed by atoms with E-state index in [4.69, 9.17) is 14.2 Å². The lowest BCUT2D eigenvalue weighted by Crippen LogP contribution is -2.29. The van der Waals surface area contributed by atoms with E-state index in [1.165, 1.54) is 18.1 Å². The van der Waals surface area contributed by atoms with Gasteiger partial charge in [0.2, 0.25) is 0 Å². The lowest BCUT2D eigenvalue weighted by Gasteiger charge is -2.26. The second-order valence-corrected chi connectivity index (χ2v) is 10.4. The Morgan fingerprint density at radius 3 is 2.17 bits per heavy atom. The fourth-order valence-electron chi connectivity index (χ4n) is 4.76. The van der Waals surface area contributed by atoms with E-state index >= 15 is 0 Å². The van der Waals surface area contributed by atoms with Gasteiger partial charge in [0.25, 0.3) is 11.7 Å². The summed E-state index contributed by atoms with van der Waals surface area (Å²) in [5.74, 6) is -0.902. The molecular formula is C32H35NO7. The Morgan fingerprint density at radius 2 is 1.57 bits per heavy atom. The number of hydrogen-bond acceptors (Lipinski definition) is 7. The molecule has 3 aromatic rings. The number of ether oxygens (including phenoxy) is 3. The van der Waals surface area contributed by atoms with Crippen LogP contribution in [0.4, 0.5) is 5.69 Å². The number of hydrogen-bond donors (Lipinski definition) is 2. The molecule has 0 bridgehead atoms. The molecule has 1 atom stereocenters. The number of methoxy groups -OCH3 is 1. The second-order valence-electron chi connectivity index (χ2n) is 10.4. The van der Waals surface area contributed by atoms with Gasteiger partial charge >= 0.3 is 0 Å². The van der Waals surface area contributed by atoms with Crippen molar-refractivity contribution in [2.75, 3.05) is 25.2 Å². The topological polar surface area (TPSA) is 106 Å². The van der Waals surface area contributed by atoms with Crippen molar-refractivity contribution in [2.45, 2.75) is 46.1 Å². The van der Waals surface area contributed by atoms with Gasteiger partial charge in [-0.1, -0.05) is 32.9 Å². The number of amides is 1. The van der Waals surface area contributed by atoms with Gasteiger partial charge in [-0.2, -0.15) is 0 Å². The van der Waals surface area contributed by atoms with E-state index in [1.54, 1.807) is 55.5 Å². The summed E-state index contributed by atoms with van der Waals surface area (Å²) in [4.78, 5) is 28.6. The highest BCUT2D eigenvalue weighted by Crippen LogP contribution is 2.45. The highest BCUT2D eigenvalue weighted by atomic mass is 16.5. The quantitative estimate of drug-likeness (QED) is 0.200. The Labute approximate surface area is 234 Å². The maximum absolute atomic E-state index is 13.7. The molecule has 1 amide bonds. The Hall–Kier alpha value is -4.46. The molecule has 0 spiro atoms. The summed E-state index contributed by atoms with van der Waals surface area (Å²) >= 11 is 0. The fraction of sp³-hybridized carbons (Fsp3) is 0.312. The molecule has 0 saturated carbocycles. The maximum Gasteiger partial charge on any atom is 0.300 e. The molecule has 210 valence electrons. The number of aliphatic hydroxyl groups excluding tert-OH is 1. The van der Waals surface area contributed by atoms with Gasteiger partial charge in [0, 0.05) is 5.69 Å². The number of nitrogens with zero attached hydrogens (tertiary/aromatic N) is 1. The van der Waals surface area contributed by atoms with Crippen LogP contribution in [-0.4, -0.2) is 42.2 Å². The molecule has 0 radical (unpaired) electrons. The molecule has 1 aliphatic heterocycles. The third-order valence-corrected chi connectivity index (χ3v) is 6.79. The molecule has 3 aromatic carbocycles. The smallest absolute Gasteiger partial charge is 0.300 e. The zero-order valence-electron chi connectivity index (χ0n) is 23.6. The summed E-state index contributed by atoms with van der Waals surface area (Å²) in [6, 6.07) is 15.8. The predicted octanol–water partition coefficient (Wildman–Crippen LogP) is 6.12. The van der Waals surface area contributed by atoms with E-state index in [-0.39, 0.29) is 28.2 Å². The zero-order valence-corrected chi connectivity index (χ0v) is 23.6. The summed E-state index contributed by atoms with van der Waals surface area (Å²) in [6.45, 7) is 10.5. The number of rotatable bonds is 8. The Bertz CT molecular complexity index is 1450. The first kappa shape index (κ1) is 28.5. The van der Waals surface area contributed by atoms with Crippen molar-refractivity contribution in [1.82, 2.24) is 0 Å². The van der Waals surface area contributed by atoms with Crippen molar-refractivity contribution >= 4 is 23.1 Å². The van der Waals surface area contributed by atoms with Gasteiger partial charge in [0.15, 0.2) is 11.5 Å². The minimum absolute atomic E-state index is 0.0804. The summed E-state index contributed by atoms with van der Waals surface area (Å²) in [6.07, 6.45) is 0. The van der Waals surface area contributed by atoms with Crippen LogP contribution in [0.5, 0.6) is 23.0 Å². The van der Waals surface area contributed by atoms with E-state index in [0.717, 1.165) is 5.56 Å². The number of Topliss-reactive ketones (excluding diaryl/α,β-unsaturated/α-hetero) is 1. The van der Waals surface area contributed by atoms with Crippen LogP contribution in [-0.2, 0) is 15.0 Å². The number of carbonyl (C=O) groups excluding carboxylic acids is 2. The van der Waals surface area contributed by atoms with E-state index in [1.807, 2.05) is 33.8 Å². The van der Waals surface area contributed by atoms with Crippen molar-refractivity contribution in [3.05, 3.63) is 82.9 Å². The van der Waals surface area contributed by atoms with Crippen molar-refractivity contribution in [3.8, 4) is 23.0 Å². The van der Waals surface area contributed by atoms with Crippen LogP contribution in [0.15, 0.2) is 66.2 Å². The van der Waals surface area contributed by atoms with Crippen LogP contribution in [0.25, 0.3) is 5.76 Å². The highest BCUT2D eigenvalue weighted by molar-refractivity contribution is 6.51. The number of benzene rings is 3. The predicted molar refractivity (Wildman–Crippen MR) is 153 cm³/mol. The zero-order chi connectivity index (χ0) is 29.2. The number of phenols is 1. The van der Waals surface area contributed by atoms with Crippen LogP contribution in [0, 0.1) is 0 Å². The molecule has 40 heavy (non-hydrogen) atoms. The molecule has 1 unspecified atom stereocenters. The molecule has 8 heteroatoms. The summed E-state index contributed by atoms with van der Waals surface area (Å²) in [5.41, 5.74) is 1.77. The van der Waals surface area contributed by atoms with Gasteiger partial charge in [0.05, 0.1) is 37.5 Å². The van der Waals surface area contributed by atoms with Crippen LogP contribution >= 0.6 is 0 Å². The largest absolute Gasteiger partial charge is 0.507 e. The summed E-state index contributed by atoms with van der Waals surface area (Å²) < 4.78 is 16.7. The molecule has 0 aliphatic carbocycles. The lowest BCUT2D eigenvalue weighted by molar-refractivity contribution is -0.132. The maximum atomic E-state index is 13.7. The lowest BCUT2D eigenvalue weighted by atomic mass is 9.85. The van der Waals surface area contributed by atoms with Crippen molar-refractivity contribution in [1.29, 1.82) is 0 Å². The molecule has 2 N–H and O–H groups in total. The number of aromatic hydroxyl groups is 1. The molecule has 1 heterocycles. The molecular weight excluding hydrogens is 510 g/mol. The van der Waals surface area contributed by atoms with E-state index < -0.39 is 17.7 Å². The van der Waals surface area contributed by atoms with Gasteiger partial charge < -0.3 is 24.4 Å². The van der Waals surface area contributed by atoms with Crippen molar-refractivity contribution < 1.29 is 34.0 Å². The molecule has 1 fully saturated rings. The Kier molecular flexibility index (Phi) is 8.09. The Balaban J connectivity index is 1.98. The standard InChI is InChI=1S/C32H35NO7/c1-7-39-22-13-11-21(12-14-22)33-28(19-9-15-24(34)26(17-19)40-8-2)27(30(36)31(33)37)29(35)23-18-20(32(3,4)5)10-16-25(23)38-6/h9-18,28,34-35H,7-8H2,1-6H3/b29-27+. The Morgan fingerprint density at radius 1 is 0.900 bits per heavy atom. The van der Waals surface area contributed by atoms with Crippen LogP contribution in [0.2, 0.25) is 0 Å². The van der Waals surface area contributed by atoms with Crippen molar-refractivity contribution in [2.24, 2.45) is 0 Å². The molecule has 1 aliphatic rings. The number of carbonyl (C=O) groups is 2. The van der Waals surface area contributed by atoms with Crippen molar-refractivity contribution in [3.63, 3.8) is 0 Å². The minimum Gasteiger partial charge on any atom is -0.507 e. The SMILES string of the molecule is CCOc1ccc(N2C(=O)C(=O)/C(=C(/O)c3cc(C(C)(C)C)ccc3OC)C2c2ccc(O)c(OCC)c2)cc1. The fourth-order valence-corrected chi connectivity index (χ4v) is 4.76. The third-order valence-electron chi connectivity index (χ3n) is 6.79. The average molecular weight is 546 g/mol. The van der Waals surface area contributed by atoms with Crippen LogP contribution in [0.3, 0.4) is 0 Å². The van der Waals surface area contributed by atoms with E-state index in [0.29, 0.717) is 41.5 Å². The van der Waals surface area contributed by atoms with Crippen LogP contribution in [0.1, 0.15) is 57.4 Å². The number of anilines is 1. The number of phenolic OH excluding ortho intramolecular Hbond substituents is 1. The second kappa shape index (κ2) is 11.3. The van der Waals surface area contributed by atoms with Gasteiger partial charge in [0.1, 0.15) is 17.3 Å². The first-order valence-electron chi connectivity index (χ1n) is 13.2. The van der Waals surface area contributed by atoms with Gasteiger partial charge in [-0.3, -0.25) is 14.5 Å². The first-order valence-corrected chi connectivity index (χ1v) is 13.2. The van der Waals surface area contributed by atoms with Gasteiger partial charge in [-0.25, -0.2) is 0 Å². The highest BCUT2D eigenvalue weighted by Gasteiger charge is 2.47. The van der Waals surface area contributed by atoms with Gasteiger partial charge in [-0.15, -0.1) is 0 Å². The molecule has 0 aromatic heterocycles. The molecule has 1 saturated heterocycles. The first-order chi connectivity index (χ1) is 19.0. The van der Waals surface area contributed by atoms with E-state index in [9.17, 15) is 19.8 Å². The summed E-state index contributed by atoms with van der Waals surface area (Å²) in [7, 11) is 1.48.